The molecule has 7 heteroatoms. The fourth-order valence-corrected chi connectivity index (χ4v) is 2.59. The number of methoxy groups -OCH3 is 1. The van der Waals surface area contributed by atoms with Crippen LogP contribution in [0.2, 0.25) is 0 Å². The Bertz CT molecular complexity index is 945. The van der Waals surface area contributed by atoms with Crippen LogP contribution in [0, 0.1) is 0 Å². The molecule has 0 bridgehead atoms. The minimum Gasteiger partial charge on any atom is -0.495 e. The van der Waals surface area contributed by atoms with E-state index in [9.17, 15) is 4.79 Å². The largest absolute Gasteiger partial charge is 0.495 e. The predicted octanol–water partition coefficient (Wildman–Crippen LogP) is 4.60. The predicted molar refractivity (Wildman–Crippen MR) is 111 cm³/mol. The molecular weight excluding hydrogens is 370 g/mol. The molecule has 0 aliphatic carbocycles. The summed E-state index contributed by atoms with van der Waals surface area (Å²) in [5, 5.41) is 5.55. The summed E-state index contributed by atoms with van der Waals surface area (Å²) in [6, 6.07) is 17.9. The molecule has 3 aromatic rings. The Hall–Kier alpha value is -3.74. The Labute approximate surface area is 169 Å². The number of pyridine rings is 1. The summed E-state index contributed by atoms with van der Waals surface area (Å²) in [5.41, 5.74) is 1.44. The van der Waals surface area contributed by atoms with Gasteiger partial charge >= 0.3 is 6.03 Å². The minimum atomic E-state index is -0.333. The van der Waals surface area contributed by atoms with E-state index in [1.165, 1.54) is 0 Å². The molecule has 0 atom stereocenters. The lowest BCUT2D eigenvalue weighted by Gasteiger charge is -2.12. The minimum absolute atomic E-state index is 0.323. The highest BCUT2D eigenvalue weighted by Crippen LogP contribution is 2.30. The van der Waals surface area contributed by atoms with Crippen LogP contribution in [-0.4, -0.2) is 24.7 Å². The molecule has 0 radical (unpaired) electrons. The maximum atomic E-state index is 12.1. The number of carbonyl (C=O) groups excluding carboxylic acids is 1. The second kappa shape index (κ2) is 9.98. The van der Waals surface area contributed by atoms with E-state index in [2.05, 4.69) is 15.6 Å². The van der Waals surface area contributed by atoms with Crippen LogP contribution in [0.1, 0.15) is 12.5 Å². The normalized spacial score (nSPS) is 10.1. The van der Waals surface area contributed by atoms with E-state index in [-0.39, 0.29) is 6.03 Å². The molecule has 0 aliphatic rings. The van der Waals surface area contributed by atoms with Crippen molar-refractivity contribution in [3.8, 4) is 23.1 Å². The first kappa shape index (κ1) is 20.0. The van der Waals surface area contributed by atoms with E-state index in [1.54, 1.807) is 31.5 Å². The first-order valence-corrected chi connectivity index (χ1v) is 9.22. The van der Waals surface area contributed by atoms with Crippen LogP contribution in [-0.2, 0) is 6.54 Å². The molecule has 3 rings (SSSR count). The molecular formula is C22H23N3O4. The number of para-hydroxylation sites is 4. The molecule has 0 spiro atoms. The van der Waals surface area contributed by atoms with Crippen LogP contribution in [0.3, 0.4) is 0 Å². The Balaban J connectivity index is 1.55. The molecule has 29 heavy (non-hydrogen) atoms. The van der Waals surface area contributed by atoms with E-state index in [0.29, 0.717) is 42.0 Å². The third kappa shape index (κ3) is 5.62. The monoisotopic (exact) mass is 393 g/mol. The quantitative estimate of drug-likeness (QED) is 0.584. The number of anilines is 1. The van der Waals surface area contributed by atoms with Gasteiger partial charge in [-0.25, -0.2) is 9.78 Å². The number of ether oxygens (including phenoxy) is 3. The van der Waals surface area contributed by atoms with Crippen LogP contribution in [0.15, 0.2) is 66.9 Å². The van der Waals surface area contributed by atoms with Crippen molar-refractivity contribution >= 4 is 11.7 Å². The molecule has 2 aromatic carbocycles. The molecule has 0 fully saturated rings. The summed E-state index contributed by atoms with van der Waals surface area (Å²) in [5.74, 6) is 2.30. The molecule has 150 valence electrons. The number of hydrogen-bond donors (Lipinski definition) is 2. The lowest BCUT2D eigenvalue weighted by molar-refractivity contribution is 0.251. The Morgan fingerprint density at radius 1 is 0.966 bits per heavy atom. The highest BCUT2D eigenvalue weighted by atomic mass is 16.5. The van der Waals surface area contributed by atoms with Crippen LogP contribution in [0.25, 0.3) is 0 Å². The molecule has 0 saturated carbocycles. The summed E-state index contributed by atoms with van der Waals surface area (Å²) in [4.78, 5) is 16.4. The smallest absolute Gasteiger partial charge is 0.319 e. The molecule has 1 aromatic heterocycles. The maximum absolute atomic E-state index is 12.1. The van der Waals surface area contributed by atoms with Crippen molar-refractivity contribution < 1.29 is 19.0 Å². The summed E-state index contributed by atoms with van der Waals surface area (Å²) >= 11 is 0. The van der Waals surface area contributed by atoms with Gasteiger partial charge in [0, 0.05) is 18.8 Å². The summed E-state index contributed by atoms with van der Waals surface area (Å²) in [7, 11) is 1.56. The van der Waals surface area contributed by atoms with Crippen molar-refractivity contribution in [3.63, 3.8) is 0 Å². The van der Waals surface area contributed by atoms with Gasteiger partial charge in [0.05, 0.1) is 19.4 Å². The molecule has 2 N–H and O–H groups in total. The second-order valence-corrected chi connectivity index (χ2v) is 5.99. The fourth-order valence-electron chi connectivity index (χ4n) is 2.59. The molecule has 7 nitrogen and oxygen atoms in total. The number of aromatic nitrogens is 1. The van der Waals surface area contributed by atoms with Gasteiger partial charge in [-0.15, -0.1) is 0 Å². The van der Waals surface area contributed by atoms with Gasteiger partial charge in [0.1, 0.15) is 5.75 Å². The van der Waals surface area contributed by atoms with Crippen molar-refractivity contribution in [3.05, 3.63) is 72.4 Å². The topological polar surface area (TPSA) is 81.7 Å². The lowest BCUT2D eigenvalue weighted by Crippen LogP contribution is -2.28. The van der Waals surface area contributed by atoms with E-state index in [4.69, 9.17) is 14.2 Å². The van der Waals surface area contributed by atoms with Crippen LogP contribution < -0.4 is 24.8 Å². The zero-order chi connectivity index (χ0) is 20.5. The van der Waals surface area contributed by atoms with Crippen LogP contribution >= 0.6 is 0 Å². The molecule has 0 saturated heterocycles. The molecule has 1 heterocycles. The van der Waals surface area contributed by atoms with Gasteiger partial charge in [0.25, 0.3) is 0 Å². The van der Waals surface area contributed by atoms with Crippen LogP contribution in [0.4, 0.5) is 10.5 Å². The summed E-state index contributed by atoms with van der Waals surface area (Å²) in [6.07, 6.45) is 1.65. The van der Waals surface area contributed by atoms with Gasteiger partial charge in [-0.05, 0) is 36.8 Å². The number of urea groups is 1. The van der Waals surface area contributed by atoms with E-state index < -0.39 is 0 Å². The van der Waals surface area contributed by atoms with Gasteiger partial charge in [0.15, 0.2) is 11.5 Å². The molecule has 2 amide bonds. The summed E-state index contributed by atoms with van der Waals surface area (Å²) in [6.45, 7) is 2.79. The van der Waals surface area contributed by atoms with E-state index in [0.717, 1.165) is 5.56 Å². The number of hydrogen-bond acceptors (Lipinski definition) is 5. The van der Waals surface area contributed by atoms with E-state index >= 15 is 0 Å². The lowest BCUT2D eigenvalue weighted by atomic mass is 10.3. The molecule has 0 aliphatic heterocycles. The second-order valence-electron chi connectivity index (χ2n) is 5.99. The number of amides is 2. The zero-order valence-corrected chi connectivity index (χ0v) is 16.3. The Kier molecular flexibility index (Phi) is 6.89. The number of carbonyl (C=O) groups is 1. The first-order chi connectivity index (χ1) is 14.2. The van der Waals surface area contributed by atoms with Crippen molar-refractivity contribution in [2.45, 2.75) is 13.5 Å². The van der Waals surface area contributed by atoms with Crippen molar-refractivity contribution in [1.82, 2.24) is 10.3 Å². The van der Waals surface area contributed by atoms with E-state index in [1.807, 2.05) is 49.4 Å². The highest BCUT2D eigenvalue weighted by molar-refractivity contribution is 5.90. The van der Waals surface area contributed by atoms with Gasteiger partial charge in [-0.3, -0.25) is 0 Å². The average Bonchev–Trinajstić information content (AvgIpc) is 2.75. The van der Waals surface area contributed by atoms with Crippen molar-refractivity contribution in [2.24, 2.45) is 0 Å². The standard InChI is InChI=1S/C22H23N3O4/c1-3-28-19-10-6-7-11-20(19)29-21-13-12-16(14-23-21)15-24-22(26)25-17-8-4-5-9-18(17)27-2/h4-14H,3,15H2,1-2H3,(H2,24,25,26). The fraction of sp³-hybridized carbons (Fsp3) is 0.182. The van der Waals surface area contributed by atoms with Crippen molar-refractivity contribution in [2.75, 3.05) is 19.0 Å². The Morgan fingerprint density at radius 3 is 2.38 bits per heavy atom. The van der Waals surface area contributed by atoms with Gasteiger partial charge in [-0.2, -0.15) is 0 Å². The SMILES string of the molecule is CCOc1ccccc1Oc1ccc(CNC(=O)Nc2ccccc2OC)cn1. The number of nitrogens with one attached hydrogen (secondary N) is 2. The highest BCUT2D eigenvalue weighted by Gasteiger charge is 2.08. The van der Waals surface area contributed by atoms with Crippen LogP contribution in [0.5, 0.6) is 23.1 Å². The molecule has 0 unspecified atom stereocenters. The average molecular weight is 393 g/mol. The summed E-state index contributed by atoms with van der Waals surface area (Å²) < 4.78 is 16.6. The number of rotatable bonds is 8. The zero-order valence-electron chi connectivity index (χ0n) is 16.3. The van der Waals surface area contributed by atoms with Gasteiger partial charge in [0.2, 0.25) is 5.88 Å². The number of nitrogens with zero attached hydrogens (tertiary/aromatic N) is 1. The third-order valence-electron chi connectivity index (χ3n) is 3.97. The Morgan fingerprint density at radius 2 is 1.69 bits per heavy atom. The van der Waals surface area contributed by atoms with Crippen molar-refractivity contribution in [1.29, 1.82) is 0 Å². The maximum Gasteiger partial charge on any atom is 0.319 e. The number of benzene rings is 2. The van der Waals surface area contributed by atoms with Gasteiger partial charge < -0.3 is 24.8 Å². The third-order valence-corrected chi connectivity index (χ3v) is 3.97. The first-order valence-electron chi connectivity index (χ1n) is 9.22. The van der Waals surface area contributed by atoms with Gasteiger partial charge in [-0.1, -0.05) is 30.3 Å².